The molecule has 0 aliphatic carbocycles. The van der Waals surface area contributed by atoms with Crippen LogP contribution >= 0.6 is 0 Å². The van der Waals surface area contributed by atoms with E-state index in [-0.39, 0.29) is 18.1 Å². The van der Waals surface area contributed by atoms with Gasteiger partial charge in [0.1, 0.15) is 5.69 Å². The first-order chi connectivity index (χ1) is 14.4. The zero-order valence-electron chi connectivity index (χ0n) is 17.3. The Morgan fingerprint density at radius 3 is 2.87 bits per heavy atom. The summed E-state index contributed by atoms with van der Waals surface area (Å²) >= 11 is 0. The smallest absolute Gasteiger partial charge is 0.267 e. The Morgan fingerprint density at radius 1 is 1.27 bits per heavy atom. The molecule has 1 unspecified atom stereocenters. The van der Waals surface area contributed by atoms with Crippen LogP contribution in [-0.2, 0) is 0 Å². The number of hydrogen-bond acceptors (Lipinski definition) is 5. The summed E-state index contributed by atoms with van der Waals surface area (Å²) in [5.41, 5.74) is 10.8. The van der Waals surface area contributed by atoms with Gasteiger partial charge in [-0.25, -0.2) is 0 Å². The number of benzene rings is 2. The normalized spacial score (nSPS) is 16.2. The van der Waals surface area contributed by atoms with Gasteiger partial charge in [-0.3, -0.25) is 4.79 Å². The molecule has 1 aliphatic heterocycles. The molecule has 4 rings (SSSR count). The van der Waals surface area contributed by atoms with Crippen LogP contribution in [0.1, 0.15) is 42.7 Å². The highest BCUT2D eigenvalue weighted by atomic mass is 16.1. The van der Waals surface area contributed by atoms with E-state index < -0.39 is 0 Å². The molecule has 3 aromatic rings. The fourth-order valence-electron chi connectivity index (χ4n) is 3.96. The highest BCUT2D eigenvalue weighted by Gasteiger charge is 2.25. The second kappa shape index (κ2) is 8.10. The van der Waals surface area contributed by atoms with Crippen LogP contribution in [0.15, 0.2) is 42.5 Å². The van der Waals surface area contributed by atoms with E-state index in [2.05, 4.69) is 38.7 Å². The van der Waals surface area contributed by atoms with Crippen molar-refractivity contribution in [1.82, 2.24) is 10.3 Å². The van der Waals surface area contributed by atoms with Gasteiger partial charge in [0.25, 0.3) is 5.91 Å². The van der Waals surface area contributed by atoms with Crippen molar-refractivity contribution in [2.75, 3.05) is 22.5 Å². The second-order valence-electron chi connectivity index (χ2n) is 8.07. The number of carbonyl (C=O) groups is 1. The molecule has 0 radical (unpaired) electrons. The number of carbonyl (C=O) groups excluding carboxylic acids is 1. The predicted octanol–water partition coefficient (Wildman–Crippen LogP) is 3.92. The van der Waals surface area contributed by atoms with E-state index in [1.54, 1.807) is 0 Å². The van der Waals surface area contributed by atoms with Gasteiger partial charge in [-0.15, -0.1) is 0 Å². The Kier molecular flexibility index (Phi) is 5.35. The number of aromatic nitrogens is 1. The van der Waals surface area contributed by atoms with Crippen LogP contribution in [-0.4, -0.2) is 35.9 Å². The van der Waals surface area contributed by atoms with Crippen LogP contribution < -0.4 is 21.3 Å². The summed E-state index contributed by atoms with van der Waals surface area (Å²) in [6.07, 6.45) is 3.55. The molecule has 1 fully saturated rings. The Morgan fingerprint density at radius 2 is 2.10 bits per heavy atom. The van der Waals surface area contributed by atoms with E-state index >= 15 is 0 Å². The molecule has 30 heavy (non-hydrogen) atoms. The zero-order chi connectivity index (χ0) is 21.3. The van der Waals surface area contributed by atoms with Crippen LogP contribution in [0.25, 0.3) is 10.9 Å². The Hall–Kier alpha value is -3.48. The van der Waals surface area contributed by atoms with Crippen LogP contribution in [0.3, 0.4) is 0 Å². The van der Waals surface area contributed by atoms with Crippen LogP contribution in [0.5, 0.6) is 0 Å². The molecule has 7 nitrogen and oxygen atoms in total. The maximum absolute atomic E-state index is 12.3. The first-order valence-electron chi connectivity index (χ1n) is 10.3. The number of fused-ring (bicyclic) bond motifs is 1. The van der Waals surface area contributed by atoms with Crippen molar-refractivity contribution in [2.24, 2.45) is 0 Å². The predicted molar refractivity (Wildman–Crippen MR) is 124 cm³/mol. The molecule has 1 aliphatic rings. The maximum atomic E-state index is 12.3. The summed E-state index contributed by atoms with van der Waals surface area (Å²) in [5, 5.41) is 15.0. The summed E-state index contributed by atoms with van der Waals surface area (Å²) < 4.78 is 0. The number of hydrogen-bond donors (Lipinski definition) is 5. The zero-order valence-corrected chi connectivity index (χ0v) is 17.3. The van der Waals surface area contributed by atoms with Gasteiger partial charge in [0.15, 0.2) is 0 Å². The molecule has 2 aromatic carbocycles. The van der Waals surface area contributed by atoms with Crippen LogP contribution in [0.2, 0.25) is 0 Å². The highest BCUT2D eigenvalue weighted by Crippen LogP contribution is 2.30. The number of rotatable bonds is 6. The first kappa shape index (κ1) is 19.8. The molecule has 156 valence electrons. The third-order valence-corrected chi connectivity index (χ3v) is 5.43. The minimum atomic E-state index is -0.0891. The number of nitrogens with one attached hydrogen (secondary N) is 4. The second-order valence-corrected chi connectivity index (χ2v) is 8.07. The lowest BCUT2D eigenvalue weighted by atomic mass is 10.1. The minimum Gasteiger partial charge on any atom is -0.398 e. The largest absolute Gasteiger partial charge is 0.398 e. The lowest BCUT2D eigenvalue weighted by molar-refractivity contribution is 0.0939. The van der Waals surface area contributed by atoms with Crippen LogP contribution in [0.4, 0.5) is 17.1 Å². The number of anilines is 3. The summed E-state index contributed by atoms with van der Waals surface area (Å²) in [7, 11) is 0. The van der Waals surface area contributed by atoms with Crippen molar-refractivity contribution < 1.29 is 4.79 Å². The maximum Gasteiger partial charge on any atom is 0.267 e. The average molecular weight is 405 g/mol. The van der Waals surface area contributed by atoms with E-state index in [9.17, 15) is 4.79 Å². The van der Waals surface area contributed by atoms with Crippen molar-refractivity contribution in [1.29, 1.82) is 5.41 Å². The minimum absolute atomic E-state index is 0.0891. The third-order valence-electron chi connectivity index (χ3n) is 5.43. The van der Waals surface area contributed by atoms with E-state index in [0.29, 0.717) is 16.9 Å². The van der Waals surface area contributed by atoms with E-state index in [0.717, 1.165) is 41.7 Å². The molecule has 1 amide bonds. The molecular formula is C23H28N6O. The number of H-pyrrole nitrogens is 1. The topological polar surface area (TPSA) is 110 Å². The van der Waals surface area contributed by atoms with E-state index in [4.69, 9.17) is 11.1 Å². The van der Waals surface area contributed by atoms with Gasteiger partial charge in [-0.2, -0.15) is 0 Å². The van der Waals surface area contributed by atoms with Crippen LogP contribution in [0, 0.1) is 5.41 Å². The summed E-state index contributed by atoms with van der Waals surface area (Å²) in [6.45, 7) is 4.85. The Balaban J connectivity index is 1.56. The molecule has 1 atom stereocenters. The molecular weight excluding hydrogens is 376 g/mol. The molecule has 0 saturated carbocycles. The van der Waals surface area contributed by atoms with Gasteiger partial charge in [-0.05, 0) is 63.1 Å². The standard InChI is InChI=1S/C23H28N6O/c1-14(2)26-23(30)21-11-15-5-7-18(12-20(15)28-21)29-9-3-4-22(29)27-17-6-8-19(25)16(10-17)13-24/h5-8,10-14,22,24,27-28H,3-4,9,25H2,1-2H3,(H,26,30). The van der Waals surface area contributed by atoms with Crippen molar-refractivity contribution in [2.45, 2.75) is 38.9 Å². The number of nitrogens with two attached hydrogens (primary N) is 1. The summed E-state index contributed by atoms with van der Waals surface area (Å²) in [4.78, 5) is 17.9. The number of nitrogen functional groups attached to an aromatic ring is 1. The summed E-state index contributed by atoms with van der Waals surface area (Å²) in [5.74, 6) is -0.0891. The highest BCUT2D eigenvalue weighted by molar-refractivity contribution is 5.98. The number of amides is 1. The van der Waals surface area contributed by atoms with Crippen molar-refractivity contribution in [3.8, 4) is 0 Å². The van der Waals surface area contributed by atoms with Gasteiger partial charge in [0.2, 0.25) is 0 Å². The average Bonchev–Trinajstić information content (AvgIpc) is 3.35. The third kappa shape index (κ3) is 3.96. The number of aromatic amines is 1. The SMILES string of the molecule is CC(C)NC(=O)c1cc2ccc(N3CCCC3Nc3ccc(N)c(C=N)c3)cc2[nH]1. The number of nitrogens with zero attached hydrogens (tertiary/aromatic N) is 1. The quantitative estimate of drug-likeness (QED) is 0.317. The molecule has 2 heterocycles. The van der Waals surface area contributed by atoms with Gasteiger partial charge < -0.3 is 31.7 Å². The van der Waals surface area contributed by atoms with Crippen molar-refractivity contribution in [3.63, 3.8) is 0 Å². The molecule has 1 saturated heterocycles. The molecule has 0 spiro atoms. The lowest BCUT2D eigenvalue weighted by Crippen LogP contribution is -2.35. The molecule has 7 heteroatoms. The first-order valence-corrected chi connectivity index (χ1v) is 10.3. The Bertz CT molecular complexity index is 1090. The van der Waals surface area contributed by atoms with Gasteiger partial charge in [-0.1, -0.05) is 6.07 Å². The van der Waals surface area contributed by atoms with Crippen molar-refractivity contribution >= 4 is 40.1 Å². The molecule has 0 bridgehead atoms. The molecule has 1 aromatic heterocycles. The Labute approximate surface area is 176 Å². The molecule has 6 N–H and O–H groups in total. The van der Waals surface area contributed by atoms with Gasteiger partial charge in [0.05, 0.1) is 6.17 Å². The monoisotopic (exact) mass is 404 g/mol. The van der Waals surface area contributed by atoms with E-state index in [1.807, 2.05) is 38.1 Å². The van der Waals surface area contributed by atoms with Crippen molar-refractivity contribution in [3.05, 3.63) is 53.7 Å². The van der Waals surface area contributed by atoms with E-state index in [1.165, 1.54) is 6.21 Å². The fourth-order valence-corrected chi connectivity index (χ4v) is 3.96. The van der Waals surface area contributed by atoms with Gasteiger partial charge >= 0.3 is 0 Å². The summed E-state index contributed by atoms with van der Waals surface area (Å²) in [6, 6.07) is 13.9. The fraction of sp³-hybridized carbons (Fsp3) is 0.304. The van der Waals surface area contributed by atoms with Gasteiger partial charge in [0, 0.05) is 52.3 Å². The lowest BCUT2D eigenvalue weighted by Gasteiger charge is -2.28.